The fourth-order valence-electron chi connectivity index (χ4n) is 0.849. The summed E-state index contributed by atoms with van der Waals surface area (Å²) in [5, 5.41) is 17.6. The molecule has 0 saturated carbocycles. The molecule has 1 aromatic rings. The van der Waals surface area contributed by atoms with Crippen molar-refractivity contribution in [2.45, 2.75) is 6.42 Å². The molecule has 2 rings (SSSR count). The lowest BCUT2D eigenvalue weighted by Crippen LogP contribution is -1.66. The monoisotopic (exact) mass is 111 g/mol. The highest BCUT2D eigenvalue weighted by Crippen LogP contribution is 2.42. The van der Waals surface area contributed by atoms with Crippen LogP contribution >= 0.6 is 0 Å². The standard InChI is InChI=1S/C5H5NO2/c7-4-2-1-3(2)5(8)6-4/h6-8H,1H2. The van der Waals surface area contributed by atoms with E-state index in [1.807, 2.05) is 0 Å². The number of fused-ring (bicyclic) bond motifs is 1. The molecule has 0 atom stereocenters. The molecule has 0 bridgehead atoms. The summed E-state index contributed by atoms with van der Waals surface area (Å²) in [6.45, 7) is 0. The number of aromatic amines is 1. The molecule has 1 aliphatic carbocycles. The van der Waals surface area contributed by atoms with E-state index in [9.17, 15) is 0 Å². The smallest absolute Gasteiger partial charge is 0.195 e. The Hall–Kier alpha value is -1.12. The number of H-pyrrole nitrogens is 1. The molecule has 3 heteroatoms. The molecule has 1 aromatic heterocycles. The van der Waals surface area contributed by atoms with Gasteiger partial charge in [0.15, 0.2) is 11.8 Å². The fraction of sp³-hybridized carbons (Fsp3) is 0.200. The first-order chi connectivity index (χ1) is 3.79. The summed E-state index contributed by atoms with van der Waals surface area (Å²) in [6, 6.07) is 0. The van der Waals surface area contributed by atoms with E-state index in [1.165, 1.54) is 0 Å². The molecule has 0 amide bonds. The highest BCUT2D eigenvalue weighted by molar-refractivity contribution is 5.58. The van der Waals surface area contributed by atoms with Crippen molar-refractivity contribution >= 4 is 0 Å². The van der Waals surface area contributed by atoms with Gasteiger partial charge in [-0.3, -0.25) is 4.98 Å². The Morgan fingerprint density at radius 3 is 1.75 bits per heavy atom. The SMILES string of the molecule is Oc1[nH]c(O)c2c1C2. The Kier molecular flexibility index (Phi) is 0.404. The van der Waals surface area contributed by atoms with Crippen LogP contribution in [0.2, 0.25) is 0 Å². The minimum absolute atomic E-state index is 0.123. The van der Waals surface area contributed by atoms with E-state index in [4.69, 9.17) is 10.2 Å². The quantitative estimate of drug-likeness (QED) is 0.459. The van der Waals surface area contributed by atoms with E-state index in [2.05, 4.69) is 4.98 Å². The highest BCUT2D eigenvalue weighted by atomic mass is 16.3. The highest BCUT2D eigenvalue weighted by Gasteiger charge is 2.28. The molecule has 0 fully saturated rings. The molecule has 0 saturated heterocycles. The Bertz CT molecular complexity index is 209. The second-order valence-electron chi connectivity index (χ2n) is 1.96. The van der Waals surface area contributed by atoms with Crippen LogP contribution < -0.4 is 0 Å². The number of nitrogens with one attached hydrogen (secondary N) is 1. The Balaban J connectivity index is 2.71. The molecule has 3 N–H and O–H groups in total. The Morgan fingerprint density at radius 1 is 1.12 bits per heavy atom. The lowest BCUT2D eigenvalue weighted by molar-refractivity contribution is 0.419. The van der Waals surface area contributed by atoms with Gasteiger partial charge in [0.05, 0.1) is 0 Å². The summed E-state index contributed by atoms with van der Waals surface area (Å²) in [4.78, 5) is 2.39. The predicted molar refractivity (Wildman–Crippen MR) is 26.9 cm³/mol. The van der Waals surface area contributed by atoms with Gasteiger partial charge in [-0.1, -0.05) is 0 Å². The number of hydrogen-bond donors (Lipinski definition) is 3. The van der Waals surface area contributed by atoms with E-state index in [-0.39, 0.29) is 11.8 Å². The van der Waals surface area contributed by atoms with Crippen molar-refractivity contribution in [1.82, 2.24) is 4.98 Å². The summed E-state index contributed by atoms with van der Waals surface area (Å²) >= 11 is 0. The summed E-state index contributed by atoms with van der Waals surface area (Å²) in [5.74, 6) is 0.245. The molecule has 42 valence electrons. The summed E-state index contributed by atoms with van der Waals surface area (Å²) < 4.78 is 0. The van der Waals surface area contributed by atoms with Crippen LogP contribution in [0.25, 0.3) is 0 Å². The van der Waals surface area contributed by atoms with Crippen molar-refractivity contribution in [3.8, 4) is 11.8 Å². The summed E-state index contributed by atoms with van der Waals surface area (Å²) in [6.07, 6.45) is 0.755. The topological polar surface area (TPSA) is 56.2 Å². The van der Waals surface area contributed by atoms with Gasteiger partial charge < -0.3 is 10.2 Å². The molecule has 1 aliphatic rings. The summed E-state index contributed by atoms with van der Waals surface area (Å²) in [7, 11) is 0. The van der Waals surface area contributed by atoms with Crippen molar-refractivity contribution in [1.29, 1.82) is 0 Å². The minimum Gasteiger partial charge on any atom is -0.494 e. The third-order valence-corrected chi connectivity index (χ3v) is 1.40. The molecular weight excluding hydrogens is 106 g/mol. The Morgan fingerprint density at radius 2 is 1.62 bits per heavy atom. The van der Waals surface area contributed by atoms with E-state index in [1.54, 1.807) is 0 Å². The van der Waals surface area contributed by atoms with Crippen molar-refractivity contribution in [2.24, 2.45) is 0 Å². The third-order valence-electron chi connectivity index (χ3n) is 1.40. The second-order valence-corrected chi connectivity index (χ2v) is 1.96. The maximum Gasteiger partial charge on any atom is 0.195 e. The van der Waals surface area contributed by atoms with Crippen LogP contribution in [-0.4, -0.2) is 15.2 Å². The number of rotatable bonds is 0. The van der Waals surface area contributed by atoms with Gasteiger partial charge >= 0.3 is 0 Å². The van der Waals surface area contributed by atoms with Crippen LogP contribution in [0, 0.1) is 0 Å². The lowest BCUT2D eigenvalue weighted by Gasteiger charge is -1.83. The van der Waals surface area contributed by atoms with Gasteiger partial charge in [-0.2, -0.15) is 0 Å². The van der Waals surface area contributed by atoms with E-state index in [0.29, 0.717) is 0 Å². The maximum atomic E-state index is 8.78. The van der Waals surface area contributed by atoms with Gasteiger partial charge in [0.25, 0.3) is 0 Å². The largest absolute Gasteiger partial charge is 0.494 e. The fourth-order valence-corrected chi connectivity index (χ4v) is 0.849. The Labute approximate surface area is 45.6 Å². The maximum absolute atomic E-state index is 8.78. The van der Waals surface area contributed by atoms with Gasteiger partial charge in [-0.15, -0.1) is 0 Å². The average Bonchev–Trinajstić information content (AvgIpc) is 2.35. The molecular formula is C5H5NO2. The first kappa shape index (κ1) is 3.83. The minimum atomic E-state index is 0.123. The van der Waals surface area contributed by atoms with Crippen LogP contribution in [0.4, 0.5) is 0 Å². The second kappa shape index (κ2) is 0.844. The molecule has 8 heavy (non-hydrogen) atoms. The molecule has 1 heterocycles. The zero-order chi connectivity index (χ0) is 5.72. The van der Waals surface area contributed by atoms with Crippen LogP contribution in [0.15, 0.2) is 0 Å². The molecule has 3 nitrogen and oxygen atoms in total. The van der Waals surface area contributed by atoms with Gasteiger partial charge in [-0.25, -0.2) is 0 Å². The van der Waals surface area contributed by atoms with Gasteiger partial charge in [0.1, 0.15) is 0 Å². The van der Waals surface area contributed by atoms with E-state index >= 15 is 0 Å². The normalized spacial score (nSPS) is 13.5. The van der Waals surface area contributed by atoms with Crippen LogP contribution in [0.1, 0.15) is 11.1 Å². The number of hydrogen-bond acceptors (Lipinski definition) is 2. The molecule has 0 aliphatic heterocycles. The van der Waals surface area contributed by atoms with E-state index in [0.717, 1.165) is 17.5 Å². The van der Waals surface area contributed by atoms with Gasteiger partial charge in [0.2, 0.25) is 0 Å². The van der Waals surface area contributed by atoms with Crippen molar-refractivity contribution in [3.63, 3.8) is 0 Å². The first-order valence-electron chi connectivity index (χ1n) is 2.40. The molecule has 0 spiro atoms. The van der Waals surface area contributed by atoms with Crippen LogP contribution in [0.5, 0.6) is 11.8 Å². The summed E-state index contributed by atoms with van der Waals surface area (Å²) in [5.41, 5.74) is 1.73. The first-order valence-corrected chi connectivity index (χ1v) is 2.40. The molecule has 0 aromatic carbocycles. The van der Waals surface area contributed by atoms with Gasteiger partial charge in [0, 0.05) is 17.5 Å². The lowest BCUT2D eigenvalue weighted by atomic mass is 10.6. The predicted octanol–water partition coefficient (Wildman–Crippen LogP) is 0.330. The third kappa shape index (κ3) is 0.258. The van der Waals surface area contributed by atoms with Crippen molar-refractivity contribution < 1.29 is 10.2 Å². The number of aromatic hydroxyl groups is 2. The van der Waals surface area contributed by atoms with Crippen molar-refractivity contribution in [3.05, 3.63) is 11.1 Å². The zero-order valence-electron chi connectivity index (χ0n) is 4.10. The van der Waals surface area contributed by atoms with Crippen LogP contribution in [0.3, 0.4) is 0 Å². The van der Waals surface area contributed by atoms with E-state index < -0.39 is 0 Å². The molecule has 0 radical (unpaired) electrons. The van der Waals surface area contributed by atoms with Crippen LogP contribution in [-0.2, 0) is 6.42 Å². The van der Waals surface area contributed by atoms with Crippen molar-refractivity contribution in [2.75, 3.05) is 0 Å². The molecule has 0 unspecified atom stereocenters. The van der Waals surface area contributed by atoms with Gasteiger partial charge in [-0.05, 0) is 0 Å². The number of aromatic nitrogens is 1. The average molecular weight is 111 g/mol. The zero-order valence-corrected chi connectivity index (χ0v) is 4.10.